The number of halogens is 1. The Bertz CT molecular complexity index is 787. The zero-order valence-electron chi connectivity index (χ0n) is 14.3. The molecule has 2 heterocycles. The number of hydrogen-bond donors (Lipinski definition) is 3. The molecule has 2 aromatic rings. The minimum atomic E-state index is -0.979. The number of phenolic OH excluding ortho intramolecular Hbond substituents is 1. The summed E-state index contributed by atoms with van der Waals surface area (Å²) in [6.07, 6.45) is 0.481. The van der Waals surface area contributed by atoms with Crippen molar-refractivity contribution in [2.75, 3.05) is 13.1 Å². The highest BCUT2D eigenvalue weighted by molar-refractivity contribution is 5.42. The van der Waals surface area contributed by atoms with Gasteiger partial charge in [-0.3, -0.25) is 4.90 Å². The standard InChI is InChI=1S/C20H22FNO4/c21-14-3-1-13(2-4-14)20(25)7-9-22(10-8-20)19-12-17(24)16-6-5-15(23)11-18(16)26-19/h1-6,11,17,19,23-25H,7-10,12H2. The summed E-state index contributed by atoms with van der Waals surface area (Å²) in [5.74, 6) is 0.273. The molecule has 1 saturated heterocycles. The van der Waals surface area contributed by atoms with E-state index < -0.39 is 11.7 Å². The fourth-order valence-electron chi connectivity index (χ4n) is 3.87. The Morgan fingerprint density at radius 2 is 1.77 bits per heavy atom. The van der Waals surface area contributed by atoms with Crippen LogP contribution in [-0.4, -0.2) is 39.5 Å². The molecule has 2 aromatic carbocycles. The van der Waals surface area contributed by atoms with Crippen molar-refractivity contribution in [3.63, 3.8) is 0 Å². The molecule has 0 spiro atoms. The molecular formula is C20H22FNO4. The molecule has 2 aliphatic rings. The van der Waals surface area contributed by atoms with Crippen molar-refractivity contribution >= 4 is 0 Å². The Hall–Kier alpha value is -2.15. The maximum Gasteiger partial charge on any atom is 0.155 e. The van der Waals surface area contributed by atoms with Crippen molar-refractivity contribution in [3.05, 3.63) is 59.4 Å². The van der Waals surface area contributed by atoms with Crippen LogP contribution >= 0.6 is 0 Å². The quantitative estimate of drug-likeness (QED) is 0.769. The average molecular weight is 359 g/mol. The molecule has 6 heteroatoms. The molecule has 0 aliphatic carbocycles. The summed E-state index contributed by atoms with van der Waals surface area (Å²) >= 11 is 0. The minimum Gasteiger partial charge on any atom is -0.508 e. The van der Waals surface area contributed by atoms with Gasteiger partial charge in [0.25, 0.3) is 0 Å². The van der Waals surface area contributed by atoms with Crippen LogP contribution < -0.4 is 4.74 Å². The second kappa shape index (κ2) is 6.54. The summed E-state index contributed by atoms with van der Waals surface area (Å²) < 4.78 is 19.1. The van der Waals surface area contributed by atoms with Crippen LogP contribution in [0.25, 0.3) is 0 Å². The van der Waals surface area contributed by atoms with Crippen LogP contribution in [0.3, 0.4) is 0 Å². The summed E-state index contributed by atoms with van der Waals surface area (Å²) in [7, 11) is 0. The van der Waals surface area contributed by atoms with Crippen molar-refractivity contribution in [1.29, 1.82) is 0 Å². The molecule has 0 saturated carbocycles. The molecule has 26 heavy (non-hydrogen) atoms. The molecule has 0 bridgehead atoms. The van der Waals surface area contributed by atoms with Gasteiger partial charge in [0.15, 0.2) is 6.23 Å². The van der Waals surface area contributed by atoms with Crippen LogP contribution in [0.1, 0.15) is 36.5 Å². The van der Waals surface area contributed by atoms with E-state index >= 15 is 0 Å². The van der Waals surface area contributed by atoms with Gasteiger partial charge < -0.3 is 20.1 Å². The Morgan fingerprint density at radius 3 is 2.46 bits per heavy atom. The summed E-state index contributed by atoms with van der Waals surface area (Å²) in [4.78, 5) is 2.09. The zero-order chi connectivity index (χ0) is 18.3. The molecule has 0 amide bonds. The number of benzene rings is 2. The van der Waals surface area contributed by atoms with Gasteiger partial charge in [0.2, 0.25) is 0 Å². The van der Waals surface area contributed by atoms with Crippen LogP contribution in [-0.2, 0) is 5.60 Å². The van der Waals surface area contributed by atoms with Crippen molar-refractivity contribution in [2.45, 2.75) is 37.2 Å². The van der Waals surface area contributed by atoms with E-state index in [1.54, 1.807) is 18.2 Å². The molecule has 1 fully saturated rings. The highest BCUT2D eigenvalue weighted by Gasteiger charge is 2.39. The lowest BCUT2D eigenvalue weighted by atomic mass is 9.84. The van der Waals surface area contributed by atoms with E-state index in [9.17, 15) is 19.7 Å². The van der Waals surface area contributed by atoms with E-state index in [1.165, 1.54) is 24.3 Å². The normalized spacial score (nSPS) is 25.3. The molecule has 2 atom stereocenters. The van der Waals surface area contributed by atoms with Gasteiger partial charge >= 0.3 is 0 Å². The summed E-state index contributed by atoms with van der Waals surface area (Å²) in [5, 5.41) is 31.0. The van der Waals surface area contributed by atoms with Crippen molar-refractivity contribution in [3.8, 4) is 11.5 Å². The molecule has 2 unspecified atom stereocenters. The number of phenols is 1. The Labute approximate surface area is 151 Å². The monoisotopic (exact) mass is 359 g/mol. The van der Waals surface area contributed by atoms with E-state index in [0.717, 1.165) is 5.56 Å². The van der Waals surface area contributed by atoms with Crippen molar-refractivity contribution in [2.24, 2.45) is 0 Å². The third-order valence-corrected chi connectivity index (χ3v) is 5.46. The van der Waals surface area contributed by atoms with Gasteiger partial charge in [-0.25, -0.2) is 4.39 Å². The maximum absolute atomic E-state index is 13.1. The molecule has 4 rings (SSSR count). The molecule has 0 radical (unpaired) electrons. The van der Waals surface area contributed by atoms with Gasteiger partial charge in [-0.1, -0.05) is 12.1 Å². The second-order valence-corrected chi connectivity index (χ2v) is 7.12. The number of aliphatic hydroxyl groups is 2. The third kappa shape index (κ3) is 3.16. The van der Waals surface area contributed by atoms with Crippen LogP contribution in [0.5, 0.6) is 11.5 Å². The Kier molecular flexibility index (Phi) is 4.34. The highest BCUT2D eigenvalue weighted by Crippen LogP contribution is 2.40. The van der Waals surface area contributed by atoms with E-state index in [1.807, 2.05) is 0 Å². The summed E-state index contributed by atoms with van der Waals surface area (Å²) in [6.45, 7) is 1.19. The van der Waals surface area contributed by atoms with Crippen molar-refractivity contribution < 1.29 is 24.4 Å². The third-order valence-electron chi connectivity index (χ3n) is 5.46. The number of piperidine rings is 1. The highest BCUT2D eigenvalue weighted by atomic mass is 19.1. The number of rotatable bonds is 2. The lowest BCUT2D eigenvalue weighted by Gasteiger charge is -2.43. The second-order valence-electron chi connectivity index (χ2n) is 7.12. The topological polar surface area (TPSA) is 73.2 Å². The molecule has 2 aliphatic heterocycles. The van der Waals surface area contributed by atoms with Crippen LogP contribution in [0.15, 0.2) is 42.5 Å². The van der Waals surface area contributed by atoms with Crippen LogP contribution in [0.2, 0.25) is 0 Å². The van der Waals surface area contributed by atoms with Gasteiger partial charge in [0.05, 0.1) is 11.7 Å². The van der Waals surface area contributed by atoms with Gasteiger partial charge in [0, 0.05) is 31.1 Å². The first-order valence-electron chi connectivity index (χ1n) is 8.85. The SMILES string of the molecule is Oc1ccc2c(c1)OC(N1CCC(O)(c3ccc(F)cc3)CC1)CC2O. The Balaban J connectivity index is 1.46. The molecular weight excluding hydrogens is 337 g/mol. The number of ether oxygens (including phenoxy) is 1. The number of aromatic hydroxyl groups is 1. The summed E-state index contributed by atoms with van der Waals surface area (Å²) in [5.41, 5.74) is 0.422. The first-order valence-corrected chi connectivity index (χ1v) is 8.85. The fraction of sp³-hybridized carbons (Fsp3) is 0.400. The zero-order valence-corrected chi connectivity index (χ0v) is 14.3. The first kappa shape index (κ1) is 17.3. The lowest BCUT2D eigenvalue weighted by molar-refractivity contribution is -0.0878. The predicted octanol–water partition coefficient (Wildman–Crippen LogP) is 2.66. The number of hydrogen-bond acceptors (Lipinski definition) is 5. The van der Waals surface area contributed by atoms with E-state index in [0.29, 0.717) is 43.7 Å². The van der Waals surface area contributed by atoms with Crippen LogP contribution in [0, 0.1) is 5.82 Å². The largest absolute Gasteiger partial charge is 0.508 e. The molecule has 5 nitrogen and oxygen atoms in total. The van der Waals surface area contributed by atoms with E-state index in [-0.39, 0.29) is 17.8 Å². The number of aliphatic hydroxyl groups excluding tert-OH is 1. The van der Waals surface area contributed by atoms with Gasteiger partial charge in [-0.2, -0.15) is 0 Å². The molecule has 0 aromatic heterocycles. The summed E-state index contributed by atoms with van der Waals surface area (Å²) in [6, 6.07) is 10.7. The molecule has 138 valence electrons. The lowest BCUT2D eigenvalue weighted by Crippen LogP contribution is -2.50. The number of likely N-dealkylation sites (tertiary alicyclic amines) is 1. The van der Waals surface area contributed by atoms with Gasteiger partial charge in [-0.05, 0) is 42.7 Å². The van der Waals surface area contributed by atoms with Gasteiger partial charge in [0.1, 0.15) is 17.3 Å². The first-order chi connectivity index (χ1) is 12.4. The predicted molar refractivity (Wildman–Crippen MR) is 93.2 cm³/mol. The van der Waals surface area contributed by atoms with Gasteiger partial charge in [-0.15, -0.1) is 0 Å². The van der Waals surface area contributed by atoms with Crippen LogP contribution in [0.4, 0.5) is 4.39 Å². The van der Waals surface area contributed by atoms with E-state index in [4.69, 9.17) is 4.74 Å². The van der Waals surface area contributed by atoms with Crippen molar-refractivity contribution in [1.82, 2.24) is 4.90 Å². The Morgan fingerprint density at radius 1 is 1.08 bits per heavy atom. The number of fused-ring (bicyclic) bond motifs is 1. The van der Waals surface area contributed by atoms with E-state index in [2.05, 4.69) is 4.90 Å². The minimum absolute atomic E-state index is 0.0981. The maximum atomic E-state index is 13.1. The number of nitrogens with zero attached hydrogens (tertiary/aromatic N) is 1. The smallest absolute Gasteiger partial charge is 0.155 e. The average Bonchev–Trinajstić information content (AvgIpc) is 2.62. The molecule has 3 N–H and O–H groups in total. The fourth-order valence-corrected chi connectivity index (χ4v) is 3.87.